The molecule has 0 bridgehead atoms. The van der Waals surface area contributed by atoms with Crippen molar-refractivity contribution in [3.63, 3.8) is 0 Å². The van der Waals surface area contributed by atoms with E-state index in [0.717, 1.165) is 31.5 Å². The SMILES string of the molecule is CCCNC(Cc1nc(C)cs1)C1CC(C)(C)OC1(C)C. The summed E-state index contributed by atoms with van der Waals surface area (Å²) in [5.41, 5.74) is 1.02. The van der Waals surface area contributed by atoms with Crippen molar-refractivity contribution in [2.24, 2.45) is 5.92 Å². The highest BCUT2D eigenvalue weighted by Crippen LogP contribution is 2.44. The topological polar surface area (TPSA) is 34.2 Å². The van der Waals surface area contributed by atoms with Gasteiger partial charge in [0.1, 0.15) is 0 Å². The lowest BCUT2D eigenvalue weighted by Gasteiger charge is -2.33. The minimum atomic E-state index is -0.0821. The van der Waals surface area contributed by atoms with Crippen LogP contribution in [0.15, 0.2) is 5.38 Å². The second-order valence-electron chi connectivity index (χ2n) is 7.42. The van der Waals surface area contributed by atoms with Crippen molar-refractivity contribution in [2.75, 3.05) is 6.54 Å². The monoisotopic (exact) mass is 310 g/mol. The fourth-order valence-corrected chi connectivity index (χ4v) is 4.43. The second-order valence-corrected chi connectivity index (χ2v) is 8.37. The Morgan fingerprint density at radius 3 is 2.62 bits per heavy atom. The zero-order valence-electron chi connectivity index (χ0n) is 14.3. The van der Waals surface area contributed by atoms with Crippen LogP contribution in [0.25, 0.3) is 0 Å². The number of nitrogens with zero attached hydrogens (tertiary/aromatic N) is 1. The zero-order valence-corrected chi connectivity index (χ0v) is 15.1. The molecule has 0 spiro atoms. The first-order valence-corrected chi connectivity index (χ1v) is 8.96. The number of rotatable bonds is 6. The molecule has 1 fully saturated rings. The number of nitrogens with one attached hydrogen (secondary N) is 1. The van der Waals surface area contributed by atoms with Crippen molar-refractivity contribution in [2.45, 2.75) is 78.0 Å². The molecular formula is C17H30N2OS. The number of aryl methyl sites for hydroxylation is 1. The smallest absolute Gasteiger partial charge is 0.0943 e. The predicted octanol–water partition coefficient (Wildman–Crippen LogP) is 3.96. The minimum Gasteiger partial charge on any atom is -0.369 e. The molecule has 1 aliphatic rings. The van der Waals surface area contributed by atoms with Gasteiger partial charge < -0.3 is 10.1 Å². The van der Waals surface area contributed by atoms with Crippen LogP contribution >= 0.6 is 11.3 Å². The predicted molar refractivity (Wildman–Crippen MR) is 90.0 cm³/mol. The van der Waals surface area contributed by atoms with Crippen molar-refractivity contribution < 1.29 is 4.74 Å². The summed E-state index contributed by atoms with van der Waals surface area (Å²) in [5, 5.41) is 7.13. The van der Waals surface area contributed by atoms with Crippen LogP contribution in [0.5, 0.6) is 0 Å². The number of hydrogen-bond acceptors (Lipinski definition) is 4. The lowest BCUT2D eigenvalue weighted by Crippen LogP contribution is -2.45. The van der Waals surface area contributed by atoms with Gasteiger partial charge in [-0.25, -0.2) is 4.98 Å². The molecule has 2 unspecified atom stereocenters. The number of aromatic nitrogens is 1. The molecule has 1 saturated heterocycles. The van der Waals surface area contributed by atoms with Gasteiger partial charge in [0.2, 0.25) is 0 Å². The van der Waals surface area contributed by atoms with Gasteiger partial charge in [-0.05, 0) is 54.0 Å². The Morgan fingerprint density at radius 1 is 1.43 bits per heavy atom. The van der Waals surface area contributed by atoms with E-state index >= 15 is 0 Å². The maximum atomic E-state index is 6.30. The van der Waals surface area contributed by atoms with E-state index in [1.807, 2.05) is 0 Å². The van der Waals surface area contributed by atoms with E-state index in [9.17, 15) is 0 Å². The summed E-state index contributed by atoms with van der Waals surface area (Å²) in [7, 11) is 0. The van der Waals surface area contributed by atoms with Gasteiger partial charge >= 0.3 is 0 Å². The molecule has 4 heteroatoms. The molecule has 2 rings (SSSR count). The fraction of sp³-hybridized carbons (Fsp3) is 0.824. The van der Waals surface area contributed by atoms with E-state index in [1.54, 1.807) is 11.3 Å². The van der Waals surface area contributed by atoms with Crippen LogP contribution in [0.3, 0.4) is 0 Å². The summed E-state index contributed by atoms with van der Waals surface area (Å²) in [6, 6.07) is 0.437. The standard InChI is InChI=1S/C17H30N2OS/c1-7-8-18-14(9-15-19-12(2)11-21-15)13-10-16(3,4)20-17(13,5)6/h11,13-14,18H,7-10H2,1-6H3. The second kappa shape index (κ2) is 6.35. The largest absolute Gasteiger partial charge is 0.369 e. The first-order chi connectivity index (χ1) is 9.73. The van der Waals surface area contributed by atoms with Gasteiger partial charge in [0.25, 0.3) is 0 Å². The Morgan fingerprint density at radius 2 is 2.14 bits per heavy atom. The van der Waals surface area contributed by atoms with E-state index in [1.165, 1.54) is 5.01 Å². The third-order valence-electron chi connectivity index (χ3n) is 4.35. The highest BCUT2D eigenvalue weighted by atomic mass is 32.1. The molecule has 0 aliphatic carbocycles. The van der Waals surface area contributed by atoms with Crippen LogP contribution in [-0.4, -0.2) is 28.8 Å². The van der Waals surface area contributed by atoms with E-state index in [0.29, 0.717) is 12.0 Å². The van der Waals surface area contributed by atoms with Crippen molar-refractivity contribution in [3.8, 4) is 0 Å². The maximum Gasteiger partial charge on any atom is 0.0943 e. The molecule has 21 heavy (non-hydrogen) atoms. The Kier molecular flexibility index (Phi) is 5.11. The molecule has 0 saturated carbocycles. The van der Waals surface area contributed by atoms with E-state index < -0.39 is 0 Å². The summed E-state index contributed by atoms with van der Waals surface area (Å²) >= 11 is 1.78. The van der Waals surface area contributed by atoms with Crippen molar-refractivity contribution in [1.82, 2.24) is 10.3 Å². The fourth-order valence-electron chi connectivity index (χ4n) is 3.60. The van der Waals surface area contributed by atoms with Crippen LogP contribution < -0.4 is 5.32 Å². The Balaban J connectivity index is 2.15. The molecule has 1 aliphatic heterocycles. The molecule has 3 nitrogen and oxygen atoms in total. The first kappa shape index (κ1) is 16.9. The van der Waals surface area contributed by atoms with Gasteiger partial charge in [-0.3, -0.25) is 0 Å². The van der Waals surface area contributed by atoms with Gasteiger partial charge in [0.15, 0.2) is 0 Å². The average Bonchev–Trinajstić information content (AvgIpc) is 2.84. The van der Waals surface area contributed by atoms with Crippen LogP contribution in [0.1, 0.15) is 58.2 Å². The molecule has 2 atom stereocenters. The molecule has 0 aromatic carbocycles. The molecule has 1 N–H and O–H groups in total. The summed E-state index contributed by atoms with van der Waals surface area (Å²) in [4.78, 5) is 4.65. The summed E-state index contributed by atoms with van der Waals surface area (Å²) in [6.07, 6.45) is 3.27. The quantitative estimate of drug-likeness (QED) is 0.863. The average molecular weight is 311 g/mol. The molecule has 0 amide bonds. The van der Waals surface area contributed by atoms with E-state index in [4.69, 9.17) is 4.74 Å². The molecule has 1 aromatic rings. The Hall–Kier alpha value is -0.450. The van der Waals surface area contributed by atoms with Gasteiger partial charge in [0.05, 0.1) is 16.2 Å². The molecular weight excluding hydrogens is 280 g/mol. The molecule has 2 heterocycles. The molecule has 0 radical (unpaired) electrons. The van der Waals surface area contributed by atoms with Crippen LogP contribution in [0.2, 0.25) is 0 Å². The summed E-state index contributed by atoms with van der Waals surface area (Å²) < 4.78 is 6.30. The lowest BCUT2D eigenvalue weighted by molar-refractivity contribution is -0.0776. The summed E-state index contributed by atoms with van der Waals surface area (Å²) in [5.74, 6) is 0.517. The molecule has 1 aromatic heterocycles. The highest BCUT2D eigenvalue weighted by Gasteiger charge is 2.48. The van der Waals surface area contributed by atoms with Gasteiger partial charge in [-0.15, -0.1) is 11.3 Å². The van der Waals surface area contributed by atoms with Gasteiger partial charge in [-0.2, -0.15) is 0 Å². The van der Waals surface area contributed by atoms with Gasteiger partial charge in [0, 0.05) is 29.5 Å². The van der Waals surface area contributed by atoms with Crippen LogP contribution in [0.4, 0.5) is 0 Å². The minimum absolute atomic E-state index is 0.0287. The highest BCUT2D eigenvalue weighted by molar-refractivity contribution is 7.09. The Labute approximate surface area is 133 Å². The van der Waals surface area contributed by atoms with Crippen molar-refractivity contribution in [3.05, 3.63) is 16.1 Å². The maximum absolute atomic E-state index is 6.30. The van der Waals surface area contributed by atoms with E-state index in [-0.39, 0.29) is 11.2 Å². The number of ether oxygens (including phenoxy) is 1. The third kappa shape index (κ3) is 4.27. The summed E-state index contributed by atoms with van der Waals surface area (Å²) in [6.45, 7) is 14.2. The normalized spacial score (nSPS) is 25.1. The van der Waals surface area contributed by atoms with Gasteiger partial charge in [-0.1, -0.05) is 6.92 Å². The van der Waals surface area contributed by atoms with Crippen molar-refractivity contribution >= 4 is 11.3 Å². The molecule has 120 valence electrons. The third-order valence-corrected chi connectivity index (χ3v) is 5.34. The zero-order chi connectivity index (χ0) is 15.7. The van der Waals surface area contributed by atoms with E-state index in [2.05, 4.69) is 57.2 Å². The lowest BCUT2D eigenvalue weighted by atomic mass is 9.80. The number of thiazole rings is 1. The number of hydrogen-bond donors (Lipinski definition) is 1. The van der Waals surface area contributed by atoms with Crippen LogP contribution in [0, 0.1) is 12.8 Å². The van der Waals surface area contributed by atoms with Crippen molar-refractivity contribution in [1.29, 1.82) is 0 Å². The Bertz CT molecular complexity index is 467. The van der Waals surface area contributed by atoms with Crippen LogP contribution in [-0.2, 0) is 11.2 Å². The first-order valence-electron chi connectivity index (χ1n) is 8.08.